The Morgan fingerprint density at radius 2 is 0.430 bits per heavy atom. The minimum absolute atomic E-state index is 0.107. The smallest absolute Gasteiger partial charge is 0.462 e. The van der Waals surface area contributed by atoms with Crippen molar-refractivity contribution in [3.05, 3.63) is 0 Å². The SMILES string of the molecule is CCCCCCCCCCCCCCCCCCCCCCCCC(=O)O[C@H](COC(=O)CCCCCCCCCCCCCCC)COP(=O)(O)OC[C@@H](O)COP(=O)(O)OC[C@@H](COC(=O)CCCCCCC)OC(=O)CCCCCCCCCCCCCCC. The van der Waals surface area contributed by atoms with Crippen molar-refractivity contribution in [3.8, 4) is 0 Å². The molecule has 0 rings (SSSR count). The number of aliphatic hydroxyl groups excluding tert-OH is 1. The molecule has 0 aromatic carbocycles. The van der Waals surface area contributed by atoms with Gasteiger partial charge in [0, 0.05) is 25.7 Å². The van der Waals surface area contributed by atoms with Crippen molar-refractivity contribution in [1.29, 1.82) is 0 Å². The third-order valence-electron chi connectivity index (χ3n) is 17.4. The molecule has 0 saturated carbocycles. The Bertz CT molecular complexity index is 1770. The number of ether oxygens (including phenoxy) is 4. The Balaban J connectivity index is 5.09. The van der Waals surface area contributed by atoms with Gasteiger partial charge >= 0.3 is 39.5 Å². The van der Waals surface area contributed by atoms with Gasteiger partial charge in [0.1, 0.15) is 19.3 Å². The fourth-order valence-corrected chi connectivity index (χ4v) is 13.0. The number of unbranched alkanes of at least 4 members (excludes halogenated alkanes) is 49. The Kier molecular flexibility index (Phi) is 67.1. The second-order valence-corrected chi connectivity index (χ2v) is 29.6. The predicted octanol–water partition coefficient (Wildman–Crippen LogP) is 21.8. The monoisotopic (exact) mass is 1370 g/mol. The average Bonchev–Trinajstić information content (AvgIpc) is 2.72. The van der Waals surface area contributed by atoms with Gasteiger partial charge in [-0.25, -0.2) is 9.13 Å². The second-order valence-electron chi connectivity index (χ2n) is 26.7. The van der Waals surface area contributed by atoms with E-state index in [-0.39, 0.29) is 25.7 Å². The van der Waals surface area contributed by atoms with E-state index in [0.717, 1.165) is 96.3 Å². The zero-order chi connectivity index (χ0) is 68.2. The molecule has 0 fully saturated rings. The molecule has 93 heavy (non-hydrogen) atoms. The van der Waals surface area contributed by atoms with Gasteiger partial charge in [0.15, 0.2) is 12.2 Å². The fourth-order valence-electron chi connectivity index (χ4n) is 11.4. The first-order valence-corrected chi connectivity index (χ1v) is 41.8. The third kappa shape index (κ3) is 68.4. The molecule has 0 bridgehead atoms. The van der Waals surface area contributed by atoms with Crippen LogP contribution in [0.2, 0.25) is 0 Å². The van der Waals surface area contributed by atoms with Crippen LogP contribution in [0.15, 0.2) is 0 Å². The maximum absolute atomic E-state index is 13.1. The molecule has 0 aliphatic heterocycles. The molecule has 0 spiro atoms. The van der Waals surface area contributed by atoms with Gasteiger partial charge in [-0.05, 0) is 25.7 Å². The van der Waals surface area contributed by atoms with Crippen molar-refractivity contribution >= 4 is 39.5 Å². The Morgan fingerprint density at radius 3 is 0.634 bits per heavy atom. The number of rotatable bonds is 75. The second kappa shape index (κ2) is 68.6. The highest BCUT2D eigenvalue weighted by Crippen LogP contribution is 2.45. The summed E-state index contributed by atoms with van der Waals surface area (Å²) in [6.07, 6.45) is 58.7. The van der Waals surface area contributed by atoms with Crippen LogP contribution in [0.25, 0.3) is 0 Å². The molecule has 552 valence electrons. The van der Waals surface area contributed by atoms with E-state index in [4.69, 9.17) is 37.0 Å². The number of hydrogen-bond donors (Lipinski definition) is 3. The molecule has 0 amide bonds. The van der Waals surface area contributed by atoms with Crippen LogP contribution in [0.1, 0.15) is 394 Å². The van der Waals surface area contributed by atoms with Crippen molar-refractivity contribution in [3.63, 3.8) is 0 Å². The number of phosphoric ester groups is 2. The molecule has 0 aromatic rings. The Hall–Kier alpha value is -1.94. The summed E-state index contributed by atoms with van der Waals surface area (Å²) in [6, 6.07) is 0. The van der Waals surface area contributed by atoms with Crippen molar-refractivity contribution in [2.24, 2.45) is 0 Å². The molecule has 5 atom stereocenters. The summed E-state index contributed by atoms with van der Waals surface area (Å²) < 4.78 is 68.2. The Morgan fingerprint density at radius 1 is 0.258 bits per heavy atom. The molecule has 19 heteroatoms. The summed E-state index contributed by atoms with van der Waals surface area (Å²) in [4.78, 5) is 72.4. The van der Waals surface area contributed by atoms with E-state index in [2.05, 4.69) is 27.7 Å². The van der Waals surface area contributed by atoms with Crippen LogP contribution in [0, 0.1) is 0 Å². The molecule has 0 aromatic heterocycles. The van der Waals surface area contributed by atoms with E-state index in [9.17, 15) is 43.2 Å². The number of aliphatic hydroxyl groups is 1. The van der Waals surface area contributed by atoms with Crippen LogP contribution < -0.4 is 0 Å². The number of phosphoric acid groups is 2. The first kappa shape index (κ1) is 91.1. The number of carbonyl (C=O) groups is 4. The van der Waals surface area contributed by atoms with Gasteiger partial charge in [-0.15, -0.1) is 0 Å². The van der Waals surface area contributed by atoms with Crippen LogP contribution in [-0.2, 0) is 65.4 Å². The zero-order valence-corrected chi connectivity index (χ0v) is 62.0. The standard InChI is InChI=1S/C74H144O17P2/c1-5-9-13-17-20-23-26-29-30-31-32-33-34-35-36-37-40-43-46-49-53-57-61-74(79)91-70(65-85-72(77)59-55-51-47-44-41-38-27-24-21-18-14-10-6-2)67-89-93(82,83)87-63-68(75)62-86-92(80,81)88-66-69(64-84-71(76)58-54-50-16-12-8-4)90-73(78)60-56-52-48-45-42-39-28-25-22-19-15-11-7-3/h68-70,75H,5-67H2,1-4H3,(H,80,81)(H,82,83)/t68-,69+,70+/m0/s1. The van der Waals surface area contributed by atoms with Crippen molar-refractivity contribution in [2.75, 3.05) is 39.6 Å². The van der Waals surface area contributed by atoms with Gasteiger partial charge in [-0.1, -0.05) is 342 Å². The van der Waals surface area contributed by atoms with Crippen LogP contribution in [0.3, 0.4) is 0 Å². The lowest BCUT2D eigenvalue weighted by molar-refractivity contribution is -0.161. The molecule has 0 saturated heterocycles. The van der Waals surface area contributed by atoms with Crippen molar-refractivity contribution in [1.82, 2.24) is 0 Å². The lowest BCUT2D eigenvalue weighted by Crippen LogP contribution is -2.30. The highest BCUT2D eigenvalue weighted by Gasteiger charge is 2.30. The van der Waals surface area contributed by atoms with Gasteiger partial charge in [0.05, 0.1) is 26.4 Å². The first-order chi connectivity index (χ1) is 45.2. The highest BCUT2D eigenvalue weighted by atomic mass is 31.2. The van der Waals surface area contributed by atoms with Crippen LogP contribution in [0.5, 0.6) is 0 Å². The molecular formula is C74H144O17P2. The van der Waals surface area contributed by atoms with Crippen LogP contribution >= 0.6 is 15.6 Å². The van der Waals surface area contributed by atoms with Crippen LogP contribution in [-0.4, -0.2) is 96.7 Å². The third-order valence-corrected chi connectivity index (χ3v) is 19.3. The molecule has 2 unspecified atom stereocenters. The first-order valence-electron chi connectivity index (χ1n) is 38.8. The van der Waals surface area contributed by atoms with Gasteiger partial charge in [-0.2, -0.15) is 0 Å². The number of hydrogen-bond acceptors (Lipinski definition) is 15. The molecular weight excluding hydrogens is 1220 g/mol. The van der Waals surface area contributed by atoms with Gasteiger partial charge in [0.25, 0.3) is 0 Å². The van der Waals surface area contributed by atoms with Gasteiger partial charge in [0.2, 0.25) is 0 Å². The molecule has 0 radical (unpaired) electrons. The van der Waals surface area contributed by atoms with Crippen molar-refractivity contribution < 1.29 is 80.2 Å². The van der Waals surface area contributed by atoms with Crippen molar-refractivity contribution in [2.45, 2.75) is 412 Å². The lowest BCUT2D eigenvalue weighted by atomic mass is 10.0. The molecule has 0 aliphatic rings. The van der Waals surface area contributed by atoms with E-state index in [1.54, 1.807) is 0 Å². The maximum Gasteiger partial charge on any atom is 0.472 e. The van der Waals surface area contributed by atoms with E-state index < -0.39 is 97.5 Å². The van der Waals surface area contributed by atoms with E-state index in [0.29, 0.717) is 25.7 Å². The zero-order valence-electron chi connectivity index (χ0n) is 60.2. The maximum atomic E-state index is 13.1. The van der Waals surface area contributed by atoms with Crippen LogP contribution in [0.4, 0.5) is 0 Å². The summed E-state index contributed by atoms with van der Waals surface area (Å²) in [6.45, 7) is 4.88. The molecule has 3 N–H and O–H groups in total. The van der Waals surface area contributed by atoms with E-state index >= 15 is 0 Å². The van der Waals surface area contributed by atoms with Gasteiger partial charge < -0.3 is 33.8 Å². The molecule has 17 nitrogen and oxygen atoms in total. The topological polar surface area (TPSA) is 237 Å². The summed E-state index contributed by atoms with van der Waals surface area (Å²) in [5, 5.41) is 10.6. The average molecular weight is 1370 g/mol. The van der Waals surface area contributed by atoms with Gasteiger partial charge in [-0.3, -0.25) is 37.3 Å². The minimum atomic E-state index is -4.95. The van der Waals surface area contributed by atoms with E-state index in [1.807, 2.05) is 0 Å². The summed E-state index contributed by atoms with van der Waals surface area (Å²) >= 11 is 0. The minimum Gasteiger partial charge on any atom is -0.462 e. The Labute approximate surface area is 568 Å². The normalized spacial score (nSPS) is 13.9. The summed E-state index contributed by atoms with van der Waals surface area (Å²) in [5.74, 6) is -2.13. The largest absolute Gasteiger partial charge is 0.472 e. The number of carbonyl (C=O) groups excluding carboxylic acids is 4. The number of esters is 4. The van der Waals surface area contributed by atoms with E-state index in [1.165, 1.54) is 218 Å². The molecule has 0 heterocycles. The highest BCUT2D eigenvalue weighted by molar-refractivity contribution is 7.47. The lowest BCUT2D eigenvalue weighted by Gasteiger charge is -2.21. The predicted molar refractivity (Wildman–Crippen MR) is 377 cm³/mol. The fraction of sp³-hybridized carbons (Fsp3) is 0.946. The quantitative estimate of drug-likeness (QED) is 0.0222. The summed E-state index contributed by atoms with van der Waals surface area (Å²) in [5.41, 5.74) is 0. The molecule has 0 aliphatic carbocycles. The summed E-state index contributed by atoms with van der Waals surface area (Å²) in [7, 11) is -9.89.